The van der Waals surface area contributed by atoms with Gasteiger partial charge in [-0.25, -0.2) is 5.43 Å². The van der Waals surface area contributed by atoms with Crippen molar-refractivity contribution >= 4 is 40.4 Å². The minimum absolute atomic E-state index is 0.0462. The topological polar surface area (TPSA) is 132 Å². The highest BCUT2D eigenvalue weighted by molar-refractivity contribution is 7.16. The molecule has 0 saturated carbocycles. The molecule has 1 heterocycles. The summed E-state index contributed by atoms with van der Waals surface area (Å²) in [5, 5.41) is 17.2. The monoisotopic (exact) mass is 480 g/mol. The van der Waals surface area contributed by atoms with E-state index in [-0.39, 0.29) is 10.7 Å². The summed E-state index contributed by atoms with van der Waals surface area (Å²) in [6.45, 7) is 0. The van der Waals surface area contributed by atoms with Crippen molar-refractivity contribution in [3.8, 4) is 11.5 Å². The zero-order valence-corrected chi connectivity index (χ0v) is 19.0. The molecule has 0 aliphatic rings. The molecular weight excluding hydrogens is 460 g/mol. The van der Waals surface area contributed by atoms with E-state index in [2.05, 4.69) is 15.8 Å². The van der Waals surface area contributed by atoms with Crippen LogP contribution in [0.5, 0.6) is 11.5 Å². The Morgan fingerprint density at radius 1 is 1.06 bits per heavy atom. The van der Waals surface area contributed by atoms with Crippen LogP contribution in [0.25, 0.3) is 6.08 Å². The number of hydrogen-bond acceptors (Lipinski definition) is 8. The number of nitro groups is 1. The van der Waals surface area contributed by atoms with Gasteiger partial charge in [0.15, 0.2) is 0 Å². The first-order valence-corrected chi connectivity index (χ1v) is 10.6. The molecule has 1 aromatic heterocycles. The van der Waals surface area contributed by atoms with Gasteiger partial charge in [0.25, 0.3) is 11.8 Å². The van der Waals surface area contributed by atoms with Gasteiger partial charge in [0.2, 0.25) is 0 Å². The van der Waals surface area contributed by atoms with Gasteiger partial charge in [-0.1, -0.05) is 29.5 Å². The molecule has 0 bridgehead atoms. The van der Waals surface area contributed by atoms with Crippen LogP contribution in [0.2, 0.25) is 0 Å². The van der Waals surface area contributed by atoms with Crippen LogP contribution in [-0.4, -0.2) is 37.2 Å². The predicted octanol–water partition coefficient (Wildman–Crippen LogP) is 3.59. The largest absolute Gasteiger partial charge is 0.497 e. The molecule has 174 valence electrons. The summed E-state index contributed by atoms with van der Waals surface area (Å²) in [6, 6.07) is 16.3. The van der Waals surface area contributed by atoms with Crippen LogP contribution in [0.15, 0.2) is 71.5 Å². The second-order valence-electron chi connectivity index (χ2n) is 6.62. The fraction of sp³-hybridized carbons (Fsp3) is 0.0870. The lowest BCUT2D eigenvalue weighted by Gasteiger charge is -2.11. The van der Waals surface area contributed by atoms with Crippen molar-refractivity contribution in [1.29, 1.82) is 0 Å². The van der Waals surface area contributed by atoms with Gasteiger partial charge < -0.3 is 14.8 Å². The van der Waals surface area contributed by atoms with Crippen molar-refractivity contribution in [3.05, 3.63) is 92.5 Å². The van der Waals surface area contributed by atoms with Crippen LogP contribution < -0.4 is 20.2 Å². The Balaban J connectivity index is 1.86. The number of carbonyl (C=O) groups is 2. The summed E-state index contributed by atoms with van der Waals surface area (Å²) in [5.41, 5.74) is 3.11. The molecule has 11 heteroatoms. The van der Waals surface area contributed by atoms with E-state index in [4.69, 9.17) is 9.47 Å². The van der Waals surface area contributed by atoms with Crippen LogP contribution in [0.3, 0.4) is 0 Å². The van der Waals surface area contributed by atoms with Gasteiger partial charge in [0, 0.05) is 23.3 Å². The van der Waals surface area contributed by atoms with Gasteiger partial charge in [-0.3, -0.25) is 19.7 Å². The number of nitrogens with zero attached hydrogens (tertiary/aromatic N) is 2. The van der Waals surface area contributed by atoms with E-state index < -0.39 is 16.7 Å². The third kappa shape index (κ3) is 6.26. The number of thiophene rings is 1. The molecule has 0 radical (unpaired) electrons. The Morgan fingerprint density at radius 2 is 1.82 bits per heavy atom. The summed E-state index contributed by atoms with van der Waals surface area (Å²) in [7, 11) is 2.99. The summed E-state index contributed by atoms with van der Waals surface area (Å²) < 4.78 is 10.6. The zero-order valence-electron chi connectivity index (χ0n) is 18.2. The van der Waals surface area contributed by atoms with E-state index in [1.807, 2.05) is 0 Å². The van der Waals surface area contributed by atoms with Crippen molar-refractivity contribution in [2.75, 3.05) is 14.2 Å². The fourth-order valence-corrected chi connectivity index (χ4v) is 3.45. The van der Waals surface area contributed by atoms with Crippen molar-refractivity contribution in [1.82, 2.24) is 10.7 Å². The van der Waals surface area contributed by atoms with Gasteiger partial charge in [-0.2, -0.15) is 5.10 Å². The first kappa shape index (κ1) is 24.1. The quantitative estimate of drug-likeness (QED) is 0.208. The van der Waals surface area contributed by atoms with Gasteiger partial charge in [0.1, 0.15) is 17.2 Å². The molecule has 34 heavy (non-hydrogen) atoms. The number of hydrazone groups is 1. The summed E-state index contributed by atoms with van der Waals surface area (Å²) in [5.74, 6) is -0.215. The van der Waals surface area contributed by atoms with Crippen molar-refractivity contribution in [3.63, 3.8) is 0 Å². The van der Waals surface area contributed by atoms with Crippen molar-refractivity contribution in [2.45, 2.75) is 0 Å². The SMILES string of the molecule is COc1ccc(/C=C(/NC(=O)c2ccccc2)C(=O)N/N=C\c2ccc([N+](=O)[O-])s2)c(OC)c1. The molecule has 0 atom stereocenters. The average molecular weight is 481 g/mol. The lowest BCUT2D eigenvalue weighted by atomic mass is 10.1. The molecule has 0 fully saturated rings. The van der Waals surface area contributed by atoms with Gasteiger partial charge in [-0.15, -0.1) is 0 Å². The maximum Gasteiger partial charge on any atom is 0.324 e. The predicted molar refractivity (Wildman–Crippen MR) is 128 cm³/mol. The number of ether oxygens (including phenoxy) is 2. The minimum atomic E-state index is -0.704. The van der Waals surface area contributed by atoms with Gasteiger partial charge in [-0.05, 0) is 36.4 Å². The Kier molecular flexibility index (Phi) is 8.08. The third-order valence-corrected chi connectivity index (χ3v) is 5.39. The maximum atomic E-state index is 12.9. The molecule has 0 unspecified atom stereocenters. The van der Waals surface area contributed by atoms with Crippen LogP contribution in [-0.2, 0) is 4.79 Å². The molecule has 2 N–H and O–H groups in total. The van der Waals surface area contributed by atoms with E-state index in [1.165, 1.54) is 38.6 Å². The molecule has 3 rings (SSSR count). The molecular formula is C23H20N4O6S. The van der Waals surface area contributed by atoms with Crippen molar-refractivity contribution in [2.24, 2.45) is 5.10 Å². The first-order valence-electron chi connectivity index (χ1n) is 9.79. The Labute approximate surface area is 198 Å². The van der Waals surface area contributed by atoms with Crippen LogP contribution >= 0.6 is 11.3 Å². The number of methoxy groups -OCH3 is 2. The normalized spacial score (nSPS) is 11.2. The molecule has 10 nitrogen and oxygen atoms in total. The second kappa shape index (κ2) is 11.4. The highest BCUT2D eigenvalue weighted by atomic mass is 32.1. The zero-order chi connectivity index (χ0) is 24.5. The highest BCUT2D eigenvalue weighted by Gasteiger charge is 2.16. The van der Waals surface area contributed by atoms with E-state index >= 15 is 0 Å². The van der Waals surface area contributed by atoms with Crippen LogP contribution in [0.1, 0.15) is 20.8 Å². The lowest BCUT2D eigenvalue weighted by Crippen LogP contribution is -2.32. The Bertz CT molecular complexity index is 1250. The van der Waals surface area contributed by atoms with E-state index in [1.54, 1.807) is 48.5 Å². The van der Waals surface area contributed by atoms with Crippen LogP contribution in [0.4, 0.5) is 5.00 Å². The number of carbonyl (C=O) groups excluding carboxylic acids is 2. The summed E-state index contributed by atoms with van der Waals surface area (Å²) >= 11 is 0.908. The molecule has 0 aliphatic heterocycles. The van der Waals surface area contributed by atoms with E-state index in [9.17, 15) is 19.7 Å². The first-order chi connectivity index (χ1) is 16.4. The number of rotatable bonds is 9. The Hall–Kier alpha value is -4.51. The highest BCUT2D eigenvalue weighted by Crippen LogP contribution is 2.26. The molecule has 3 aromatic rings. The number of amides is 2. The smallest absolute Gasteiger partial charge is 0.324 e. The van der Waals surface area contributed by atoms with E-state index in [0.29, 0.717) is 27.5 Å². The van der Waals surface area contributed by atoms with Gasteiger partial charge >= 0.3 is 5.00 Å². The molecule has 2 amide bonds. The second-order valence-corrected chi connectivity index (χ2v) is 7.71. The lowest BCUT2D eigenvalue weighted by molar-refractivity contribution is -0.380. The minimum Gasteiger partial charge on any atom is -0.497 e. The van der Waals surface area contributed by atoms with Crippen LogP contribution in [0, 0.1) is 10.1 Å². The Morgan fingerprint density at radius 3 is 2.47 bits per heavy atom. The average Bonchev–Trinajstić information content (AvgIpc) is 3.33. The molecule has 0 saturated heterocycles. The van der Waals surface area contributed by atoms with Crippen molar-refractivity contribution < 1.29 is 24.0 Å². The molecule has 0 aliphatic carbocycles. The third-order valence-electron chi connectivity index (χ3n) is 4.42. The number of benzene rings is 2. The molecule has 0 spiro atoms. The fourth-order valence-electron chi connectivity index (χ4n) is 2.76. The number of hydrogen-bond donors (Lipinski definition) is 2. The van der Waals surface area contributed by atoms with E-state index in [0.717, 1.165) is 11.3 Å². The standard InChI is InChI=1S/C23H20N4O6S/c1-32-17-9-8-16(20(13-17)33-2)12-19(25-22(28)15-6-4-3-5-7-15)23(29)26-24-14-18-10-11-21(34-18)27(30)31/h3-14H,1-2H3,(H,25,28)(H,26,29)/b19-12+,24-14-. The number of nitrogens with one attached hydrogen (secondary N) is 2. The summed E-state index contributed by atoms with van der Waals surface area (Å²) in [4.78, 5) is 36.3. The summed E-state index contributed by atoms with van der Waals surface area (Å²) in [6.07, 6.45) is 2.72. The molecule has 2 aromatic carbocycles. The van der Waals surface area contributed by atoms with Gasteiger partial charge in [0.05, 0.1) is 30.2 Å². The maximum absolute atomic E-state index is 12.9.